The first-order valence-corrected chi connectivity index (χ1v) is 3.80. The Balaban J connectivity index is 0. The molecule has 1 rings (SSSR count). The first-order chi connectivity index (χ1) is 4.50. The first-order valence-electron chi connectivity index (χ1n) is 3.80. The average Bonchev–Trinajstić information content (AvgIpc) is 2.07. The molecule has 0 unspecified atom stereocenters. The molecule has 0 bridgehead atoms. The number of ether oxygens (including phenoxy) is 1. The maximum atomic E-state index is 8.52. The van der Waals surface area contributed by atoms with Crippen LogP contribution in [0.5, 0.6) is 0 Å². The molecule has 0 atom stereocenters. The van der Waals surface area contributed by atoms with Gasteiger partial charge in [0.05, 0.1) is 5.60 Å². The van der Waals surface area contributed by atoms with Crippen LogP contribution in [0, 0.1) is 0 Å². The Morgan fingerprint density at radius 1 is 1.09 bits per heavy atom. The van der Waals surface area contributed by atoms with Gasteiger partial charge in [-0.05, 0) is 33.6 Å². The molecule has 11 heavy (non-hydrogen) atoms. The zero-order chi connectivity index (χ0) is 8.04. The molecule has 0 aromatic carbocycles. The molecule has 3 heteroatoms. The molecular formula is C8H18NaO2. The molecule has 0 aromatic rings. The van der Waals surface area contributed by atoms with Crippen LogP contribution in [0.4, 0.5) is 0 Å². The van der Waals surface area contributed by atoms with Crippen LogP contribution in [-0.4, -0.2) is 53.5 Å². The minimum atomic E-state index is -0.500. The van der Waals surface area contributed by atoms with Crippen molar-refractivity contribution in [3.63, 3.8) is 0 Å². The smallest absolute Gasteiger partial charge is 0.0563 e. The molecule has 1 N–H and O–H groups in total. The van der Waals surface area contributed by atoms with E-state index in [2.05, 4.69) is 0 Å². The van der Waals surface area contributed by atoms with Gasteiger partial charge in [-0.2, -0.15) is 0 Å². The van der Waals surface area contributed by atoms with Crippen LogP contribution in [0.3, 0.4) is 0 Å². The second-order valence-electron chi connectivity index (χ2n) is 3.49. The van der Waals surface area contributed by atoms with E-state index in [1.54, 1.807) is 20.8 Å². The van der Waals surface area contributed by atoms with Gasteiger partial charge in [0.2, 0.25) is 0 Å². The summed E-state index contributed by atoms with van der Waals surface area (Å²) in [5.41, 5.74) is -0.500. The van der Waals surface area contributed by atoms with Gasteiger partial charge in [-0.25, -0.2) is 0 Å². The van der Waals surface area contributed by atoms with Gasteiger partial charge < -0.3 is 9.84 Å². The fraction of sp³-hybridized carbons (Fsp3) is 1.00. The fourth-order valence-electron chi connectivity index (χ4n) is 0.510. The minimum Gasteiger partial charge on any atom is -0.391 e. The maximum absolute atomic E-state index is 8.52. The molecule has 0 spiro atoms. The van der Waals surface area contributed by atoms with Crippen LogP contribution in [-0.2, 0) is 4.74 Å². The van der Waals surface area contributed by atoms with Crippen molar-refractivity contribution in [3.05, 3.63) is 0 Å². The first kappa shape index (κ1) is 14.4. The molecule has 1 radical (unpaired) electrons. The van der Waals surface area contributed by atoms with Crippen LogP contribution >= 0.6 is 0 Å². The summed E-state index contributed by atoms with van der Waals surface area (Å²) < 4.78 is 4.94. The van der Waals surface area contributed by atoms with E-state index in [9.17, 15) is 0 Å². The van der Waals surface area contributed by atoms with Crippen molar-refractivity contribution in [1.82, 2.24) is 0 Å². The van der Waals surface area contributed by atoms with Crippen molar-refractivity contribution in [2.45, 2.75) is 39.2 Å². The average molecular weight is 169 g/mol. The van der Waals surface area contributed by atoms with Crippen LogP contribution in [0.25, 0.3) is 0 Å². The molecule has 1 aliphatic heterocycles. The van der Waals surface area contributed by atoms with Crippen molar-refractivity contribution in [1.29, 1.82) is 0 Å². The zero-order valence-electron chi connectivity index (χ0n) is 8.18. The topological polar surface area (TPSA) is 29.5 Å². The van der Waals surface area contributed by atoms with Crippen LogP contribution in [0.1, 0.15) is 33.6 Å². The molecule has 0 amide bonds. The van der Waals surface area contributed by atoms with E-state index >= 15 is 0 Å². The monoisotopic (exact) mass is 169 g/mol. The van der Waals surface area contributed by atoms with Crippen LogP contribution < -0.4 is 0 Å². The summed E-state index contributed by atoms with van der Waals surface area (Å²) in [6.45, 7) is 7.23. The third-order valence-electron chi connectivity index (χ3n) is 0.827. The Morgan fingerprint density at radius 3 is 1.45 bits per heavy atom. The van der Waals surface area contributed by atoms with Gasteiger partial charge in [0.25, 0.3) is 0 Å². The normalized spacial score (nSPS) is 16.4. The number of hydrogen-bond donors (Lipinski definition) is 1. The summed E-state index contributed by atoms with van der Waals surface area (Å²) in [5.74, 6) is 0. The van der Waals surface area contributed by atoms with Crippen LogP contribution in [0.2, 0.25) is 0 Å². The Labute approximate surface area is 91.6 Å². The summed E-state index contributed by atoms with van der Waals surface area (Å²) in [6, 6.07) is 0. The van der Waals surface area contributed by atoms with Crippen molar-refractivity contribution in [3.8, 4) is 0 Å². The molecule has 0 aromatic heterocycles. The van der Waals surface area contributed by atoms with Crippen molar-refractivity contribution >= 4 is 29.6 Å². The van der Waals surface area contributed by atoms with Gasteiger partial charge in [0.15, 0.2) is 0 Å². The Hall–Kier alpha value is 0.920. The second-order valence-corrected chi connectivity index (χ2v) is 3.49. The summed E-state index contributed by atoms with van der Waals surface area (Å²) in [6.07, 6.45) is 2.56. The third-order valence-corrected chi connectivity index (χ3v) is 0.827. The van der Waals surface area contributed by atoms with Crippen molar-refractivity contribution in [2.24, 2.45) is 0 Å². The Kier molecular flexibility index (Phi) is 9.93. The molecular weight excluding hydrogens is 151 g/mol. The van der Waals surface area contributed by atoms with Gasteiger partial charge in [-0.15, -0.1) is 0 Å². The number of rotatable bonds is 0. The molecule has 0 aliphatic carbocycles. The number of hydrogen-bond acceptors (Lipinski definition) is 2. The van der Waals surface area contributed by atoms with E-state index in [4.69, 9.17) is 9.84 Å². The Morgan fingerprint density at radius 2 is 1.36 bits per heavy atom. The Bertz CT molecular complexity index is 61.0. The van der Waals surface area contributed by atoms with E-state index in [0.717, 1.165) is 13.2 Å². The predicted molar refractivity (Wildman–Crippen MR) is 47.8 cm³/mol. The fourth-order valence-corrected chi connectivity index (χ4v) is 0.510. The number of aliphatic hydroxyl groups is 1. The van der Waals surface area contributed by atoms with E-state index in [0.29, 0.717) is 0 Å². The molecule has 1 fully saturated rings. The summed E-state index contributed by atoms with van der Waals surface area (Å²) >= 11 is 0. The summed E-state index contributed by atoms with van der Waals surface area (Å²) in [4.78, 5) is 0. The SMILES string of the molecule is C1CCOC1.CC(C)(C)O.[Na]. The standard InChI is InChI=1S/C4H8O.C4H10O.Na/c1-2-4-5-3-1;1-4(2,3)5;/h1-4H2;5H,1-3H3;. The quantitative estimate of drug-likeness (QED) is 0.552. The minimum absolute atomic E-state index is 0. The molecule has 1 aliphatic rings. The van der Waals surface area contributed by atoms with E-state index in [1.807, 2.05) is 0 Å². The van der Waals surface area contributed by atoms with Crippen LogP contribution in [0.15, 0.2) is 0 Å². The molecule has 1 heterocycles. The molecule has 0 saturated carbocycles. The van der Waals surface area contributed by atoms with Gasteiger partial charge in [-0.3, -0.25) is 0 Å². The molecule has 1 saturated heterocycles. The molecule has 2 nitrogen and oxygen atoms in total. The van der Waals surface area contributed by atoms with E-state index in [-0.39, 0.29) is 29.6 Å². The summed E-state index contributed by atoms with van der Waals surface area (Å²) in [7, 11) is 0. The summed E-state index contributed by atoms with van der Waals surface area (Å²) in [5, 5.41) is 8.52. The third kappa shape index (κ3) is 24.8. The van der Waals surface area contributed by atoms with Gasteiger partial charge in [-0.1, -0.05) is 0 Å². The van der Waals surface area contributed by atoms with Crippen molar-refractivity contribution in [2.75, 3.05) is 13.2 Å². The van der Waals surface area contributed by atoms with Gasteiger partial charge >= 0.3 is 0 Å². The van der Waals surface area contributed by atoms with Gasteiger partial charge in [0.1, 0.15) is 0 Å². The molecule has 63 valence electrons. The van der Waals surface area contributed by atoms with Gasteiger partial charge in [0, 0.05) is 42.8 Å². The van der Waals surface area contributed by atoms with Crippen molar-refractivity contribution < 1.29 is 9.84 Å². The van der Waals surface area contributed by atoms with E-state index in [1.165, 1.54) is 12.8 Å². The predicted octanol–water partition coefficient (Wildman–Crippen LogP) is 1.19. The van der Waals surface area contributed by atoms with E-state index < -0.39 is 5.60 Å². The largest absolute Gasteiger partial charge is 0.391 e. The zero-order valence-corrected chi connectivity index (χ0v) is 10.2. The maximum Gasteiger partial charge on any atom is 0.0563 e. The second kappa shape index (κ2) is 7.56.